The fourth-order valence-corrected chi connectivity index (χ4v) is 5.74. The molecular weight excluding hydrogens is 344 g/mol. The topological polar surface area (TPSA) is 59.9 Å². The number of guanidine groups is 1. The maximum atomic E-state index is 10.5. The van der Waals surface area contributed by atoms with Crippen molar-refractivity contribution in [1.29, 1.82) is 0 Å². The van der Waals surface area contributed by atoms with E-state index < -0.39 is 5.60 Å². The number of likely N-dealkylation sites (tertiary alicyclic amines) is 1. The first kappa shape index (κ1) is 20.3. The average Bonchev–Trinajstić information content (AvgIpc) is 3.09. The highest BCUT2D eigenvalue weighted by atomic mass is 32.2. The van der Waals surface area contributed by atoms with Crippen molar-refractivity contribution in [2.45, 2.75) is 69.9 Å². The quantitative estimate of drug-likeness (QED) is 0.487. The number of thioether (sulfide) groups is 1. The number of rotatable bonds is 6. The fourth-order valence-electron chi connectivity index (χ4n) is 4.46. The molecular formula is C20H38N4OS. The molecule has 0 amide bonds. The summed E-state index contributed by atoms with van der Waals surface area (Å²) < 4.78 is 0. The van der Waals surface area contributed by atoms with E-state index in [0.717, 1.165) is 36.3 Å². The van der Waals surface area contributed by atoms with Gasteiger partial charge >= 0.3 is 0 Å². The fraction of sp³-hybridized carbons (Fsp3) is 0.950. The summed E-state index contributed by atoms with van der Waals surface area (Å²) in [6.07, 6.45) is 10.5. The molecule has 3 rings (SSSR count). The zero-order valence-corrected chi connectivity index (χ0v) is 17.3. The molecule has 3 fully saturated rings. The SMILES string of the molecule is CCNC(=NCC1(O)CCSC1)NC1CCN(CC2CCCCC2)CC1. The van der Waals surface area contributed by atoms with Crippen LogP contribution in [-0.4, -0.2) is 71.8 Å². The Hall–Kier alpha value is -0.460. The van der Waals surface area contributed by atoms with Crippen LogP contribution in [0.25, 0.3) is 0 Å². The van der Waals surface area contributed by atoms with E-state index in [1.165, 1.54) is 64.6 Å². The predicted molar refractivity (Wildman–Crippen MR) is 112 cm³/mol. The Morgan fingerprint density at radius 2 is 1.96 bits per heavy atom. The molecule has 1 aliphatic carbocycles. The Bertz CT molecular complexity index is 439. The molecule has 0 aromatic heterocycles. The molecule has 2 aliphatic heterocycles. The van der Waals surface area contributed by atoms with Crippen LogP contribution in [0.4, 0.5) is 0 Å². The number of hydrogen-bond acceptors (Lipinski definition) is 4. The molecule has 2 heterocycles. The van der Waals surface area contributed by atoms with Crippen molar-refractivity contribution in [1.82, 2.24) is 15.5 Å². The van der Waals surface area contributed by atoms with E-state index >= 15 is 0 Å². The maximum Gasteiger partial charge on any atom is 0.191 e. The first-order valence-electron chi connectivity index (χ1n) is 10.7. The van der Waals surface area contributed by atoms with Crippen LogP contribution in [0.3, 0.4) is 0 Å². The molecule has 1 atom stereocenters. The van der Waals surface area contributed by atoms with Gasteiger partial charge in [-0.2, -0.15) is 11.8 Å². The second-order valence-electron chi connectivity index (χ2n) is 8.45. The van der Waals surface area contributed by atoms with Gasteiger partial charge in [-0.1, -0.05) is 19.3 Å². The molecule has 0 spiro atoms. The summed E-state index contributed by atoms with van der Waals surface area (Å²) >= 11 is 1.83. The molecule has 3 aliphatic rings. The van der Waals surface area contributed by atoms with E-state index in [-0.39, 0.29) is 0 Å². The van der Waals surface area contributed by atoms with Crippen LogP contribution in [0.2, 0.25) is 0 Å². The van der Waals surface area contributed by atoms with Gasteiger partial charge in [-0.25, -0.2) is 0 Å². The zero-order chi connectivity index (χ0) is 18.2. The largest absolute Gasteiger partial charge is 0.387 e. The molecule has 0 bridgehead atoms. The number of nitrogens with zero attached hydrogens (tertiary/aromatic N) is 2. The van der Waals surface area contributed by atoms with Gasteiger partial charge in [0.2, 0.25) is 0 Å². The van der Waals surface area contributed by atoms with E-state index in [1.54, 1.807) is 0 Å². The first-order chi connectivity index (χ1) is 12.7. The van der Waals surface area contributed by atoms with Crippen LogP contribution < -0.4 is 10.6 Å². The van der Waals surface area contributed by atoms with E-state index in [9.17, 15) is 5.11 Å². The van der Waals surface area contributed by atoms with Crippen LogP contribution in [-0.2, 0) is 0 Å². The van der Waals surface area contributed by atoms with Crippen molar-refractivity contribution in [2.24, 2.45) is 10.9 Å². The summed E-state index contributed by atoms with van der Waals surface area (Å²) in [4.78, 5) is 7.37. The third-order valence-corrected chi connectivity index (χ3v) is 7.36. The number of aliphatic imine (C=N–C) groups is 1. The van der Waals surface area contributed by atoms with Crippen LogP contribution in [0.1, 0.15) is 58.3 Å². The van der Waals surface area contributed by atoms with Gasteiger partial charge in [0.1, 0.15) is 0 Å². The molecule has 0 aromatic rings. The lowest BCUT2D eigenvalue weighted by atomic mass is 9.88. The lowest BCUT2D eigenvalue weighted by Gasteiger charge is -2.36. The molecule has 5 nitrogen and oxygen atoms in total. The summed E-state index contributed by atoms with van der Waals surface area (Å²) in [5.74, 6) is 3.69. The maximum absolute atomic E-state index is 10.5. The van der Waals surface area contributed by atoms with Crippen molar-refractivity contribution in [3.05, 3.63) is 0 Å². The van der Waals surface area contributed by atoms with Gasteiger partial charge in [-0.05, 0) is 50.7 Å². The third-order valence-electron chi connectivity index (χ3n) is 6.13. The molecule has 1 saturated carbocycles. The van der Waals surface area contributed by atoms with Crippen molar-refractivity contribution in [3.63, 3.8) is 0 Å². The van der Waals surface area contributed by atoms with Crippen molar-refractivity contribution in [3.8, 4) is 0 Å². The van der Waals surface area contributed by atoms with Gasteiger partial charge in [0.25, 0.3) is 0 Å². The van der Waals surface area contributed by atoms with Gasteiger partial charge in [-0.3, -0.25) is 4.99 Å². The van der Waals surface area contributed by atoms with E-state index in [1.807, 2.05) is 11.8 Å². The molecule has 26 heavy (non-hydrogen) atoms. The monoisotopic (exact) mass is 382 g/mol. The Morgan fingerprint density at radius 1 is 1.19 bits per heavy atom. The smallest absolute Gasteiger partial charge is 0.191 e. The van der Waals surface area contributed by atoms with Crippen molar-refractivity contribution >= 4 is 17.7 Å². The van der Waals surface area contributed by atoms with Crippen molar-refractivity contribution < 1.29 is 5.11 Å². The Kier molecular flexibility index (Phi) is 7.94. The Morgan fingerprint density at radius 3 is 2.62 bits per heavy atom. The normalized spacial score (nSPS) is 29.8. The van der Waals surface area contributed by atoms with Crippen LogP contribution in [0.15, 0.2) is 4.99 Å². The highest BCUT2D eigenvalue weighted by molar-refractivity contribution is 7.99. The van der Waals surface area contributed by atoms with Crippen LogP contribution >= 0.6 is 11.8 Å². The lowest BCUT2D eigenvalue weighted by Crippen LogP contribution is -2.49. The summed E-state index contributed by atoms with van der Waals surface area (Å²) in [5, 5.41) is 17.5. The lowest BCUT2D eigenvalue weighted by molar-refractivity contribution is 0.0778. The van der Waals surface area contributed by atoms with Crippen LogP contribution in [0, 0.1) is 5.92 Å². The molecule has 0 radical (unpaired) electrons. The van der Waals surface area contributed by atoms with Crippen molar-refractivity contribution in [2.75, 3.05) is 44.2 Å². The number of piperidine rings is 1. The van der Waals surface area contributed by atoms with E-state index in [4.69, 9.17) is 4.99 Å². The number of hydrogen-bond donors (Lipinski definition) is 3. The average molecular weight is 383 g/mol. The minimum absolute atomic E-state index is 0.503. The van der Waals surface area contributed by atoms with Gasteiger partial charge in [0, 0.05) is 38.0 Å². The van der Waals surface area contributed by atoms with Gasteiger partial charge < -0.3 is 20.6 Å². The van der Waals surface area contributed by atoms with E-state index in [2.05, 4.69) is 22.5 Å². The molecule has 2 saturated heterocycles. The van der Waals surface area contributed by atoms with E-state index in [0.29, 0.717) is 12.6 Å². The minimum Gasteiger partial charge on any atom is -0.387 e. The standard InChI is InChI=1S/C20H38N4OS/c1-2-21-19(22-15-20(25)10-13-26-16-20)23-18-8-11-24(12-9-18)14-17-6-4-3-5-7-17/h17-18,25H,2-16H2,1H3,(H2,21,22,23). The van der Waals surface area contributed by atoms with Crippen LogP contribution in [0.5, 0.6) is 0 Å². The second-order valence-corrected chi connectivity index (χ2v) is 9.55. The second kappa shape index (κ2) is 10.2. The summed E-state index contributed by atoms with van der Waals surface area (Å²) in [5.41, 5.74) is -0.601. The van der Waals surface area contributed by atoms with Gasteiger partial charge in [0.05, 0.1) is 12.1 Å². The molecule has 3 N–H and O–H groups in total. The zero-order valence-electron chi connectivity index (χ0n) is 16.5. The first-order valence-corrected chi connectivity index (χ1v) is 11.9. The predicted octanol–water partition coefficient (Wildman–Crippen LogP) is 2.45. The third kappa shape index (κ3) is 6.31. The number of aliphatic hydroxyl groups is 1. The molecule has 0 aromatic carbocycles. The minimum atomic E-state index is -0.601. The summed E-state index contributed by atoms with van der Waals surface area (Å²) in [6, 6.07) is 0.503. The molecule has 6 heteroatoms. The summed E-state index contributed by atoms with van der Waals surface area (Å²) in [7, 11) is 0. The van der Waals surface area contributed by atoms with Gasteiger partial charge in [0.15, 0.2) is 5.96 Å². The molecule has 1 unspecified atom stereocenters. The summed E-state index contributed by atoms with van der Waals surface area (Å²) in [6.45, 7) is 7.19. The highest BCUT2D eigenvalue weighted by Crippen LogP contribution is 2.28. The van der Waals surface area contributed by atoms with Gasteiger partial charge in [-0.15, -0.1) is 0 Å². The number of nitrogens with one attached hydrogen (secondary N) is 2. The Labute approximate surface area is 163 Å². The highest BCUT2D eigenvalue weighted by Gasteiger charge is 2.31. The molecule has 150 valence electrons. The Balaban J connectivity index is 1.42.